The lowest BCUT2D eigenvalue weighted by atomic mass is 9.87. The van der Waals surface area contributed by atoms with Crippen LogP contribution >= 0.6 is 0 Å². The highest BCUT2D eigenvalue weighted by atomic mass is 32.2. The zero-order chi connectivity index (χ0) is 23.8. The van der Waals surface area contributed by atoms with E-state index in [0.717, 1.165) is 18.5 Å². The third-order valence-electron chi connectivity index (χ3n) is 5.55. The molecule has 0 saturated heterocycles. The predicted molar refractivity (Wildman–Crippen MR) is 121 cm³/mol. The van der Waals surface area contributed by atoms with Crippen molar-refractivity contribution in [3.05, 3.63) is 46.4 Å². The Morgan fingerprint density at radius 2 is 1.72 bits per heavy atom. The second-order valence-corrected chi connectivity index (χ2v) is 11.1. The van der Waals surface area contributed by atoms with Crippen molar-refractivity contribution in [2.75, 3.05) is 14.1 Å². The Morgan fingerprint density at radius 1 is 1.16 bits per heavy atom. The van der Waals surface area contributed by atoms with Crippen molar-refractivity contribution in [1.29, 1.82) is 0 Å². The Kier molecular flexibility index (Phi) is 7.09. The van der Waals surface area contributed by atoms with Crippen LogP contribution in [0, 0.1) is 5.82 Å². The number of nitrogens with zero attached hydrogens (tertiary/aromatic N) is 3. The highest BCUT2D eigenvalue weighted by molar-refractivity contribution is 7.90. The molecule has 0 aliphatic heterocycles. The third kappa shape index (κ3) is 5.56. The molecule has 1 saturated carbocycles. The van der Waals surface area contributed by atoms with Crippen molar-refractivity contribution in [2.45, 2.75) is 76.4 Å². The quantitative estimate of drug-likeness (QED) is 0.612. The van der Waals surface area contributed by atoms with E-state index in [1.807, 2.05) is 46.7 Å². The molecule has 1 aromatic heterocycles. The van der Waals surface area contributed by atoms with Crippen molar-refractivity contribution < 1.29 is 17.6 Å². The van der Waals surface area contributed by atoms with Gasteiger partial charge in [-0.25, -0.2) is 9.11 Å². The van der Waals surface area contributed by atoms with E-state index in [1.54, 1.807) is 4.68 Å². The Balaban J connectivity index is 1.87. The number of sulfonamides is 1. The summed E-state index contributed by atoms with van der Waals surface area (Å²) in [5.74, 6) is -1.03. The van der Waals surface area contributed by atoms with Crippen LogP contribution in [-0.4, -0.2) is 43.1 Å². The number of amides is 1. The Labute approximate surface area is 190 Å². The first-order chi connectivity index (χ1) is 14.9. The highest BCUT2D eigenvalue weighted by Crippen LogP contribution is 2.36. The molecule has 3 rings (SSSR count). The van der Waals surface area contributed by atoms with Crippen LogP contribution in [0.3, 0.4) is 0 Å². The molecule has 32 heavy (non-hydrogen) atoms. The van der Waals surface area contributed by atoms with Crippen LogP contribution in [0.4, 0.5) is 4.39 Å². The van der Waals surface area contributed by atoms with Gasteiger partial charge in [0.2, 0.25) is 5.91 Å². The monoisotopic (exact) mass is 464 g/mol. The van der Waals surface area contributed by atoms with Crippen molar-refractivity contribution in [3.8, 4) is 0 Å². The van der Waals surface area contributed by atoms with Crippen molar-refractivity contribution in [2.24, 2.45) is 0 Å². The van der Waals surface area contributed by atoms with E-state index >= 15 is 0 Å². The van der Waals surface area contributed by atoms with Crippen molar-refractivity contribution >= 4 is 15.9 Å². The number of benzene rings is 1. The molecule has 1 N–H and O–H groups in total. The molecule has 7 nitrogen and oxygen atoms in total. The summed E-state index contributed by atoms with van der Waals surface area (Å²) in [6.07, 6.45) is 1.79. The highest BCUT2D eigenvalue weighted by Gasteiger charge is 2.31. The van der Waals surface area contributed by atoms with Crippen LogP contribution < -0.4 is 4.72 Å². The Morgan fingerprint density at radius 3 is 2.19 bits per heavy atom. The standard InChI is InChI=1S/C23H33FN4O3S/c1-14(2)19-9-16(24)10-20(15(3)4)21(19)12-22(29)26-32(30,31)23-11-18(13-27(5)6)28(25-23)17-7-8-17/h9-11,14-15,17H,7-8,12-13H2,1-6H3,(H,26,29). The SMILES string of the molecule is CC(C)c1cc(F)cc(C(C)C)c1CC(=O)NS(=O)(=O)c1cc(CN(C)C)n(C2CC2)n1. The maximum atomic E-state index is 14.1. The fraction of sp³-hybridized carbons (Fsp3) is 0.565. The first kappa shape index (κ1) is 24.4. The van der Waals surface area contributed by atoms with Gasteiger partial charge in [-0.05, 0) is 67.6 Å². The number of carbonyl (C=O) groups is 1. The normalized spacial score (nSPS) is 14.6. The summed E-state index contributed by atoms with van der Waals surface area (Å²) < 4.78 is 44.0. The number of halogens is 1. The van der Waals surface area contributed by atoms with Gasteiger partial charge in [0.25, 0.3) is 10.0 Å². The molecule has 1 aromatic carbocycles. The van der Waals surface area contributed by atoms with Gasteiger partial charge in [0.15, 0.2) is 5.03 Å². The number of carbonyl (C=O) groups excluding carboxylic acids is 1. The summed E-state index contributed by atoms with van der Waals surface area (Å²) >= 11 is 0. The van der Waals surface area contributed by atoms with Gasteiger partial charge in [0.1, 0.15) is 5.82 Å². The average molecular weight is 465 g/mol. The number of rotatable bonds is 9. The van der Waals surface area contributed by atoms with Gasteiger partial charge in [-0.15, -0.1) is 0 Å². The van der Waals surface area contributed by atoms with E-state index in [-0.39, 0.29) is 35.1 Å². The fourth-order valence-electron chi connectivity index (χ4n) is 3.93. The summed E-state index contributed by atoms with van der Waals surface area (Å²) in [4.78, 5) is 14.8. The van der Waals surface area contributed by atoms with Gasteiger partial charge >= 0.3 is 0 Å². The lowest BCUT2D eigenvalue weighted by Crippen LogP contribution is -2.32. The molecule has 0 unspecified atom stereocenters. The fourth-order valence-corrected chi connectivity index (χ4v) is 4.89. The van der Waals surface area contributed by atoms with Crippen molar-refractivity contribution in [3.63, 3.8) is 0 Å². The van der Waals surface area contributed by atoms with Crippen LogP contribution in [0.5, 0.6) is 0 Å². The van der Waals surface area contributed by atoms with Crippen LogP contribution in [0.15, 0.2) is 23.2 Å². The minimum absolute atomic E-state index is 0.00885. The number of hydrogen-bond acceptors (Lipinski definition) is 5. The molecule has 1 aliphatic carbocycles. The third-order valence-corrected chi connectivity index (χ3v) is 6.80. The van der Waals surface area contributed by atoms with E-state index in [0.29, 0.717) is 23.2 Å². The van der Waals surface area contributed by atoms with Gasteiger partial charge in [-0.2, -0.15) is 13.5 Å². The van der Waals surface area contributed by atoms with Crippen molar-refractivity contribution in [1.82, 2.24) is 19.4 Å². The lowest BCUT2D eigenvalue weighted by Gasteiger charge is -2.19. The molecule has 0 bridgehead atoms. The molecule has 2 aromatic rings. The van der Waals surface area contributed by atoms with Crippen LogP contribution in [0.1, 0.15) is 80.8 Å². The number of aromatic nitrogens is 2. The van der Waals surface area contributed by atoms with E-state index in [1.165, 1.54) is 18.2 Å². The van der Waals surface area contributed by atoms with Gasteiger partial charge in [0, 0.05) is 12.6 Å². The Hall–Kier alpha value is -2.26. The van der Waals surface area contributed by atoms with Crippen LogP contribution in [-0.2, 0) is 27.8 Å². The van der Waals surface area contributed by atoms with Gasteiger partial charge < -0.3 is 4.90 Å². The first-order valence-electron chi connectivity index (χ1n) is 11.0. The Bertz CT molecular complexity index is 1070. The zero-order valence-electron chi connectivity index (χ0n) is 19.6. The average Bonchev–Trinajstić information content (AvgIpc) is 3.41. The molecule has 0 radical (unpaired) electrons. The summed E-state index contributed by atoms with van der Waals surface area (Å²) in [6.45, 7) is 8.25. The van der Waals surface area contributed by atoms with E-state index < -0.39 is 15.9 Å². The molecular weight excluding hydrogens is 431 g/mol. The van der Waals surface area contributed by atoms with Crippen LogP contribution in [0.25, 0.3) is 0 Å². The summed E-state index contributed by atoms with van der Waals surface area (Å²) in [5.41, 5.74) is 2.91. The van der Waals surface area contributed by atoms with E-state index in [4.69, 9.17) is 0 Å². The molecule has 176 valence electrons. The minimum Gasteiger partial charge on any atom is -0.304 e. The molecular formula is C23H33FN4O3S. The van der Waals surface area contributed by atoms with Gasteiger partial charge in [-0.1, -0.05) is 27.7 Å². The second-order valence-electron chi connectivity index (χ2n) is 9.47. The van der Waals surface area contributed by atoms with Crippen LogP contribution in [0.2, 0.25) is 0 Å². The topological polar surface area (TPSA) is 84.3 Å². The lowest BCUT2D eigenvalue weighted by molar-refractivity contribution is -0.118. The maximum Gasteiger partial charge on any atom is 0.283 e. The number of hydrogen-bond donors (Lipinski definition) is 1. The van der Waals surface area contributed by atoms with Gasteiger partial charge in [-0.3, -0.25) is 9.48 Å². The van der Waals surface area contributed by atoms with Gasteiger partial charge in [0.05, 0.1) is 18.2 Å². The largest absolute Gasteiger partial charge is 0.304 e. The zero-order valence-corrected chi connectivity index (χ0v) is 20.5. The smallest absolute Gasteiger partial charge is 0.283 e. The van der Waals surface area contributed by atoms with E-state index in [9.17, 15) is 17.6 Å². The molecule has 1 heterocycles. The minimum atomic E-state index is -4.12. The summed E-state index contributed by atoms with van der Waals surface area (Å²) in [7, 11) is -0.313. The molecule has 1 fully saturated rings. The molecule has 9 heteroatoms. The summed E-state index contributed by atoms with van der Waals surface area (Å²) in [6, 6.07) is 4.60. The summed E-state index contributed by atoms with van der Waals surface area (Å²) in [5, 5.41) is 4.15. The van der Waals surface area contributed by atoms with E-state index in [2.05, 4.69) is 9.82 Å². The first-order valence-corrected chi connectivity index (χ1v) is 12.5. The molecule has 1 amide bonds. The second kappa shape index (κ2) is 9.31. The molecule has 0 atom stereocenters. The maximum absolute atomic E-state index is 14.1. The number of nitrogens with one attached hydrogen (secondary N) is 1. The molecule has 0 spiro atoms. The molecule has 1 aliphatic rings. The predicted octanol–water partition coefficient (Wildman–Crippen LogP) is 3.71.